The zero-order valence-electron chi connectivity index (χ0n) is 18.5. The monoisotopic (exact) mass is 446 g/mol. The van der Waals surface area contributed by atoms with Crippen LogP contribution in [0, 0.1) is 11.8 Å². The van der Waals surface area contributed by atoms with Gasteiger partial charge in [0, 0.05) is 12.8 Å². The van der Waals surface area contributed by atoms with Gasteiger partial charge in [-0.2, -0.15) is 0 Å². The van der Waals surface area contributed by atoms with Crippen molar-refractivity contribution >= 4 is 29.4 Å². The Labute approximate surface area is 185 Å². The van der Waals surface area contributed by atoms with Crippen LogP contribution in [-0.4, -0.2) is 80.3 Å². The Morgan fingerprint density at radius 2 is 1.59 bits per heavy atom. The lowest BCUT2D eigenvalue weighted by Crippen LogP contribution is -2.48. The number of carbonyl (C=O) groups is 4. The van der Waals surface area contributed by atoms with Crippen molar-refractivity contribution < 1.29 is 38.1 Å². The van der Waals surface area contributed by atoms with Crippen LogP contribution in [0.3, 0.4) is 0 Å². The highest BCUT2D eigenvalue weighted by atomic mass is 16.5. The van der Waals surface area contributed by atoms with E-state index in [0.717, 1.165) is 0 Å². The molecule has 32 heavy (non-hydrogen) atoms. The number of rotatable bonds is 6. The summed E-state index contributed by atoms with van der Waals surface area (Å²) in [7, 11) is 4.11. The predicted octanol–water partition coefficient (Wildman–Crippen LogP) is 0.375. The van der Waals surface area contributed by atoms with Crippen LogP contribution >= 0.6 is 0 Å². The Morgan fingerprint density at radius 1 is 0.938 bits per heavy atom. The average Bonchev–Trinajstić information content (AvgIpc) is 3.36. The summed E-state index contributed by atoms with van der Waals surface area (Å²) in [4.78, 5) is 55.5. The summed E-state index contributed by atoms with van der Waals surface area (Å²) in [6, 6.07) is 4.13. The third kappa shape index (κ3) is 3.04. The fraction of sp³-hybridized carbons (Fsp3) is 0.545. The van der Waals surface area contributed by atoms with Crippen molar-refractivity contribution in [2.75, 3.05) is 26.2 Å². The number of esters is 2. The van der Waals surface area contributed by atoms with E-state index in [9.17, 15) is 19.2 Å². The molecule has 2 amide bonds. The molecule has 0 bridgehead atoms. The maximum atomic E-state index is 13.7. The van der Waals surface area contributed by atoms with Crippen LogP contribution in [0.15, 0.2) is 24.3 Å². The van der Waals surface area contributed by atoms with E-state index in [2.05, 4.69) is 0 Å². The van der Waals surface area contributed by atoms with Gasteiger partial charge in [0.05, 0.1) is 38.3 Å². The minimum atomic E-state index is -1.25. The summed E-state index contributed by atoms with van der Waals surface area (Å²) < 4.78 is 21.0. The third-order valence-corrected chi connectivity index (χ3v) is 6.37. The minimum Gasteiger partial charge on any atom is -0.497 e. The summed E-state index contributed by atoms with van der Waals surface area (Å²) in [6.45, 7) is 3.34. The topological polar surface area (TPSA) is 112 Å². The van der Waals surface area contributed by atoms with E-state index in [1.54, 1.807) is 38.1 Å². The van der Waals surface area contributed by atoms with Crippen molar-refractivity contribution in [2.45, 2.75) is 44.2 Å². The molecule has 172 valence electrons. The summed E-state index contributed by atoms with van der Waals surface area (Å²) in [6.07, 6.45) is -1.44. The third-order valence-electron chi connectivity index (χ3n) is 6.37. The number of carbonyl (C=O) groups excluding carboxylic acids is 4. The average molecular weight is 446 g/mol. The Hall–Kier alpha value is -3.14. The first-order valence-corrected chi connectivity index (χ1v) is 10.4. The van der Waals surface area contributed by atoms with Crippen LogP contribution in [0.25, 0.3) is 0 Å². The van der Waals surface area contributed by atoms with Crippen LogP contribution in [0.2, 0.25) is 0 Å². The molecule has 0 saturated carbocycles. The Bertz CT molecular complexity index is 946. The van der Waals surface area contributed by atoms with Crippen LogP contribution in [0.1, 0.15) is 13.8 Å². The van der Waals surface area contributed by atoms with Crippen molar-refractivity contribution in [1.29, 1.82) is 0 Å². The van der Waals surface area contributed by atoms with E-state index in [1.165, 1.54) is 31.1 Å². The van der Waals surface area contributed by atoms with E-state index in [-0.39, 0.29) is 5.91 Å². The first-order valence-electron chi connectivity index (χ1n) is 10.4. The molecule has 10 nitrogen and oxygen atoms in total. The Balaban J connectivity index is 1.82. The normalized spacial score (nSPS) is 30.7. The molecule has 3 aliphatic heterocycles. The number of anilines is 1. The standard InChI is InChI=1S/C22H26N2O8/c1-10(2)32-22(28)16-14(21(27)31-5)13-15-17(18(30-4)20(26)24(15)16)23(19(13)25)11-6-8-12(29-3)9-7-11/h6-10,13-18H,1-5H3/t13-,14-,15+,16-,17-,18+/m0/s1. The molecular formula is C22H26N2O8. The number of hydrogen-bond donors (Lipinski definition) is 0. The summed E-state index contributed by atoms with van der Waals surface area (Å²) in [5, 5.41) is 0. The Morgan fingerprint density at radius 3 is 2.12 bits per heavy atom. The van der Waals surface area contributed by atoms with Crippen molar-refractivity contribution in [3.05, 3.63) is 24.3 Å². The van der Waals surface area contributed by atoms with Crippen molar-refractivity contribution in [3.8, 4) is 5.75 Å². The smallest absolute Gasteiger partial charge is 0.330 e. The van der Waals surface area contributed by atoms with E-state index >= 15 is 0 Å². The highest BCUT2D eigenvalue weighted by molar-refractivity contribution is 6.08. The molecule has 3 heterocycles. The van der Waals surface area contributed by atoms with Crippen LogP contribution in [-0.2, 0) is 33.4 Å². The molecule has 0 radical (unpaired) electrons. The van der Waals surface area contributed by atoms with Gasteiger partial charge in [-0.3, -0.25) is 14.4 Å². The van der Waals surface area contributed by atoms with Gasteiger partial charge >= 0.3 is 11.9 Å². The zero-order valence-corrected chi connectivity index (χ0v) is 18.5. The Kier molecular flexibility index (Phi) is 5.58. The summed E-state index contributed by atoms with van der Waals surface area (Å²) in [5.41, 5.74) is 0.539. The fourth-order valence-corrected chi connectivity index (χ4v) is 5.22. The first-order chi connectivity index (χ1) is 15.3. The van der Waals surface area contributed by atoms with Gasteiger partial charge in [-0.05, 0) is 38.1 Å². The van der Waals surface area contributed by atoms with Crippen molar-refractivity contribution in [3.63, 3.8) is 0 Å². The van der Waals surface area contributed by atoms with Gasteiger partial charge in [-0.15, -0.1) is 0 Å². The number of nitrogens with zero attached hydrogens (tertiary/aromatic N) is 2. The molecule has 0 N–H and O–H groups in total. The summed E-state index contributed by atoms with van der Waals surface area (Å²) >= 11 is 0. The van der Waals surface area contributed by atoms with Gasteiger partial charge in [0.25, 0.3) is 5.91 Å². The minimum absolute atomic E-state index is 0.375. The first kappa shape index (κ1) is 22.1. The van der Waals surface area contributed by atoms with E-state index in [1.807, 2.05) is 0 Å². The molecule has 1 aromatic rings. The second kappa shape index (κ2) is 8.09. The predicted molar refractivity (Wildman–Crippen MR) is 110 cm³/mol. The largest absolute Gasteiger partial charge is 0.497 e. The molecule has 10 heteroatoms. The second-order valence-corrected chi connectivity index (χ2v) is 8.29. The second-order valence-electron chi connectivity index (χ2n) is 8.29. The lowest BCUT2D eigenvalue weighted by Gasteiger charge is -2.28. The van der Waals surface area contributed by atoms with Crippen LogP contribution < -0.4 is 9.64 Å². The molecule has 3 aliphatic rings. The SMILES string of the molecule is COC(=O)[C@H]1[C@@H]2C(=O)N(c3ccc(OC)cc3)[C@H]3[C@@H]2N(C(=O)[C@@H]3OC)[C@@H]1C(=O)OC(C)C. The molecule has 0 unspecified atom stereocenters. The van der Waals surface area contributed by atoms with Gasteiger partial charge in [-0.1, -0.05) is 0 Å². The van der Waals surface area contributed by atoms with Crippen molar-refractivity contribution in [2.24, 2.45) is 11.8 Å². The highest BCUT2D eigenvalue weighted by Crippen LogP contribution is 2.51. The molecule has 0 aliphatic carbocycles. The molecule has 6 atom stereocenters. The van der Waals surface area contributed by atoms with E-state index < -0.39 is 60.0 Å². The molecule has 0 aromatic heterocycles. The van der Waals surface area contributed by atoms with Gasteiger partial charge < -0.3 is 28.7 Å². The lowest BCUT2D eigenvalue weighted by atomic mass is 9.86. The van der Waals surface area contributed by atoms with Gasteiger partial charge in [0.1, 0.15) is 17.7 Å². The number of hydrogen-bond acceptors (Lipinski definition) is 8. The zero-order chi connectivity index (χ0) is 23.3. The molecule has 3 fully saturated rings. The lowest BCUT2D eigenvalue weighted by molar-refractivity contribution is -0.164. The van der Waals surface area contributed by atoms with E-state index in [0.29, 0.717) is 11.4 Å². The quantitative estimate of drug-likeness (QED) is 0.577. The van der Waals surface area contributed by atoms with Gasteiger partial charge in [-0.25, -0.2) is 4.79 Å². The van der Waals surface area contributed by atoms with Gasteiger partial charge in [0.15, 0.2) is 6.10 Å². The number of amides is 2. The molecule has 4 rings (SSSR count). The van der Waals surface area contributed by atoms with Crippen LogP contribution in [0.4, 0.5) is 5.69 Å². The molecule has 3 saturated heterocycles. The molecule has 1 aromatic carbocycles. The number of methoxy groups -OCH3 is 3. The highest BCUT2D eigenvalue weighted by Gasteiger charge is 2.73. The van der Waals surface area contributed by atoms with Crippen LogP contribution in [0.5, 0.6) is 5.75 Å². The van der Waals surface area contributed by atoms with E-state index in [4.69, 9.17) is 18.9 Å². The maximum absolute atomic E-state index is 13.7. The summed E-state index contributed by atoms with van der Waals surface area (Å²) in [5.74, 6) is -3.83. The maximum Gasteiger partial charge on any atom is 0.330 e. The molecule has 0 spiro atoms. The van der Waals surface area contributed by atoms with Crippen molar-refractivity contribution in [1.82, 2.24) is 4.90 Å². The number of ether oxygens (including phenoxy) is 4. The van der Waals surface area contributed by atoms with Gasteiger partial charge in [0.2, 0.25) is 5.91 Å². The fourth-order valence-electron chi connectivity index (χ4n) is 5.22. The molecular weight excluding hydrogens is 420 g/mol. The number of benzene rings is 1.